The number of rotatable bonds is 7. The summed E-state index contributed by atoms with van der Waals surface area (Å²) in [5, 5.41) is 0. The van der Waals surface area contributed by atoms with Crippen LogP contribution in [0.3, 0.4) is 0 Å². The fourth-order valence-corrected chi connectivity index (χ4v) is 10.5. The van der Waals surface area contributed by atoms with Gasteiger partial charge in [-0.15, -0.1) is 0 Å². The Morgan fingerprint density at radius 1 is 0.226 bits per heavy atom. The van der Waals surface area contributed by atoms with Gasteiger partial charge < -0.3 is 4.90 Å². The van der Waals surface area contributed by atoms with Gasteiger partial charge in [-0.1, -0.05) is 200 Å². The zero-order valence-corrected chi connectivity index (χ0v) is 34.1. The summed E-state index contributed by atoms with van der Waals surface area (Å²) < 4.78 is 0. The van der Waals surface area contributed by atoms with E-state index in [-0.39, 0.29) is 0 Å². The molecular formula is C61H41N. The summed E-state index contributed by atoms with van der Waals surface area (Å²) in [6, 6.07) is 91.4. The van der Waals surface area contributed by atoms with Gasteiger partial charge in [-0.25, -0.2) is 0 Å². The van der Waals surface area contributed by atoms with Crippen LogP contribution in [-0.4, -0.2) is 0 Å². The van der Waals surface area contributed by atoms with Crippen molar-refractivity contribution in [2.24, 2.45) is 0 Å². The molecule has 10 aromatic rings. The van der Waals surface area contributed by atoms with Crippen molar-refractivity contribution < 1.29 is 0 Å². The van der Waals surface area contributed by atoms with E-state index in [9.17, 15) is 0 Å². The van der Waals surface area contributed by atoms with E-state index in [4.69, 9.17) is 0 Å². The third-order valence-corrected chi connectivity index (χ3v) is 13.1. The van der Waals surface area contributed by atoms with Crippen LogP contribution in [0.5, 0.6) is 0 Å². The van der Waals surface area contributed by atoms with Crippen LogP contribution in [0, 0.1) is 0 Å². The lowest BCUT2D eigenvalue weighted by atomic mass is 9.70. The maximum absolute atomic E-state index is 2.47. The van der Waals surface area contributed by atoms with E-state index in [0.29, 0.717) is 0 Å². The third kappa shape index (κ3) is 5.56. The third-order valence-electron chi connectivity index (χ3n) is 13.1. The topological polar surface area (TPSA) is 3.24 Å². The fraction of sp³-hybridized carbons (Fsp3) is 0.0164. The van der Waals surface area contributed by atoms with Crippen LogP contribution in [0.4, 0.5) is 17.1 Å². The van der Waals surface area contributed by atoms with Crippen molar-refractivity contribution >= 4 is 17.1 Å². The summed E-state index contributed by atoms with van der Waals surface area (Å²) in [5.41, 5.74) is 23.1. The Balaban J connectivity index is 1.05. The predicted molar refractivity (Wildman–Crippen MR) is 259 cm³/mol. The van der Waals surface area contributed by atoms with Crippen molar-refractivity contribution in [3.05, 3.63) is 271 Å². The van der Waals surface area contributed by atoms with Gasteiger partial charge in [-0.05, 0) is 138 Å². The molecule has 1 nitrogen and oxygen atoms in total. The molecule has 0 radical (unpaired) electrons. The molecule has 0 fully saturated rings. The maximum Gasteiger partial charge on any atom is 0.0726 e. The molecule has 0 atom stereocenters. The van der Waals surface area contributed by atoms with Crippen molar-refractivity contribution in [2.75, 3.05) is 4.90 Å². The van der Waals surface area contributed by atoms with Gasteiger partial charge in [0.15, 0.2) is 0 Å². The number of benzene rings is 10. The quantitative estimate of drug-likeness (QED) is 0.155. The second-order valence-electron chi connectivity index (χ2n) is 16.4. The first-order chi connectivity index (χ1) is 30.8. The van der Waals surface area contributed by atoms with E-state index in [1.54, 1.807) is 0 Å². The summed E-state index contributed by atoms with van der Waals surface area (Å²) in [4.78, 5) is 2.42. The van der Waals surface area contributed by atoms with E-state index in [1.807, 2.05) is 0 Å². The zero-order valence-electron chi connectivity index (χ0n) is 34.1. The van der Waals surface area contributed by atoms with Crippen LogP contribution in [0.25, 0.3) is 66.8 Å². The minimum Gasteiger partial charge on any atom is -0.310 e. The Morgan fingerprint density at radius 3 is 1.11 bits per heavy atom. The number of hydrogen-bond donors (Lipinski definition) is 0. The number of nitrogens with zero attached hydrogens (tertiary/aromatic N) is 1. The zero-order chi connectivity index (χ0) is 41.0. The molecule has 0 unspecified atom stereocenters. The Morgan fingerprint density at radius 2 is 0.613 bits per heavy atom. The molecule has 0 heterocycles. The summed E-state index contributed by atoms with van der Waals surface area (Å²) >= 11 is 0. The van der Waals surface area contributed by atoms with Crippen molar-refractivity contribution in [3.8, 4) is 66.8 Å². The summed E-state index contributed by atoms with van der Waals surface area (Å²) in [7, 11) is 0. The Kier molecular flexibility index (Phi) is 8.47. The van der Waals surface area contributed by atoms with Crippen LogP contribution in [-0.2, 0) is 5.41 Å². The lowest BCUT2D eigenvalue weighted by Crippen LogP contribution is -2.26. The normalized spacial score (nSPS) is 12.6. The Hall–Kier alpha value is -8.00. The SMILES string of the molecule is c1ccc(-c2cc(-c3ccccc3)c(-c3ccc(N(c4ccccc4)c4ccc5c(c4)C4(c6ccccc6-c6ccccc64)c4ccccc4-5)cc3)c(-c3ccccc3)c2)cc1. The molecular weight excluding hydrogens is 747 g/mol. The molecule has 2 aliphatic rings. The molecule has 62 heavy (non-hydrogen) atoms. The molecule has 0 aliphatic heterocycles. The van der Waals surface area contributed by atoms with E-state index >= 15 is 0 Å². The minimum absolute atomic E-state index is 0.422. The second-order valence-corrected chi connectivity index (χ2v) is 16.4. The van der Waals surface area contributed by atoms with E-state index in [1.165, 1.54) is 89.0 Å². The van der Waals surface area contributed by atoms with E-state index in [2.05, 4.69) is 254 Å². The average Bonchev–Trinajstić information content (AvgIpc) is 3.82. The van der Waals surface area contributed by atoms with Crippen LogP contribution in [0.2, 0.25) is 0 Å². The highest BCUT2D eigenvalue weighted by Crippen LogP contribution is 2.63. The molecule has 0 bridgehead atoms. The Bertz CT molecular complexity index is 3140. The second kappa shape index (κ2) is 14.6. The molecule has 290 valence electrons. The Labute approximate surface area is 363 Å². The summed E-state index contributed by atoms with van der Waals surface area (Å²) in [6.07, 6.45) is 0. The average molecular weight is 788 g/mol. The molecule has 0 amide bonds. The maximum atomic E-state index is 2.47. The van der Waals surface area contributed by atoms with Gasteiger partial charge >= 0.3 is 0 Å². The molecule has 0 saturated heterocycles. The molecule has 0 saturated carbocycles. The molecule has 1 spiro atoms. The summed E-state index contributed by atoms with van der Waals surface area (Å²) in [6.45, 7) is 0. The van der Waals surface area contributed by atoms with Gasteiger partial charge in [0.1, 0.15) is 0 Å². The van der Waals surface area contributed by atoms with Crippen LogP contribution in [0.1, 0.15) is 22.3 Å². The van der Waals surface area contributed by atoms with E-state index in [0.717, 1.165) is 17.1 Å². The molecule has 12 rings (SSSR count). The van der Waals surface area contributed by atoms with Crippen LogP contribution in [0.15, 0.2) is 249 Å². The number of anilines is 3. The van der Waals surface area contributed by atoms with Crippen molar-refractivity contribution in [1.82, 2.24) is 0 Å². The number of fused-ring (bicyclic) bond motifs is 10. The first-order valence-electron chi connectivity index (χ1n) is 21.5. The lowest BCUT2D eigenvalue weighted by Gasteiger charge is -2.32. The standard InChI is InChI=1S/C61H41N/c1-5-19-42(20-6-1)46-39-54(43-21-7-2-8-22-43)60(55(40-46)44-23-9-3-10-24-44)45-33-35-48(36-34-45)62(47-25-11-4-12-26-47)49-37-38-53-52-29-15-18-32-58(52)61(59(53)41-49)56-30-16-13-27-50(56)51-28-14-17-31-57(51)61/h1-41H. The first-order valence-corrected chi connectivity index (χ1v) is 21.5. The van der Waals surface area contributed by atoms with Gasteiger partial charge in [-0.2, -0.15) is 0 Å². The molecule has 0 aromatic heterocycles. The van der Waals surface area contributed by atoms with Gasteiger partial charge in [0, 0.05) is 17.1 Å². The van der Waals surface area contributed by atoms with Crippen molar-refractivity contribution in [3.63, 3.8) is 0 Å². The number of para-hydroxylation sites is 1. The van der Waals surface area contributed by atoms with Crippen LogP contribution < -0.4 is 4.90 Å². The lowest BCUT2D eigenvalue weighted by molar-refractivity contribution is 0.793. The highest BCUT2D eigenvalue weighted by Gasteiger charge is 2.51. The largest absolute Gasteiger partial charge is 0.310 e. The molecule has 10 aromatic carbocycles. The smallest absolute Gasteiger partial charge is 0.0726 e. The van der Waals surface area contributed by atoms with Crippen molar-refractivity contribution in [2.45, 2.75) is 5.41 Å². The van der Waals surface area contributed by atoms with Gasteiger partial charge in [0.2, 0.25) is 0 Å². The minimum atomic E-state index is -0.422. The fourth-order valence-electron chi connectivity index (χ4n) is 10.5. The highest BCUT2D eigenvalue weighted by molar-refractivity contribution is 5.99. The van der Waals surface area contributed by atoms with Crippen LogP contribution >= 0.6 is 0 Å². The molecule has 0 N–H and O–H groups in total. The predicted octanol–water partition coefficient (Wildman–Crippen LogP) is 16.2. The highest BCUT2D eigenvalue weighted by atomic mass is 15.1. The monoisotopic (exact) mass is 787 g/mol. The van der Waals surface area contributed by atoms with E-state index < -0.39 is 5.41 Å². The summed E-state index contributed by atoms with van der Waals surface area (Å²) in [5.74, 6) is 0. The molecule has 1 heteroatoms. The van der Waals surface area contributed by atoms with Gasteiger partial charge in [0.05, 0.1) is 5.41 Å². The number of hydrogen-bond acceptors (Lipinski definition) is 1. The van der Waals surface area contributed by atoms with Gasteiger partial charge in [0.25, 0.3) is 0 Å². The van der Waals surface area contributed by atoms with Gasteiger partial charge in [-0.3, -0.25) is 0 Å². The van der Waals surface area contributed by atoms with Crippen molar-refractivity contribution in [1.29, 1.82) is 0 Å². The molecule has 2 aliphatic carbocycles. The first kappa shape index (κ1) is 35.9.